The van der Waals surface area contributed by atoms with E-state index in [0.29, 0.717) is 12.1 Å². The van der Waals surface area contributed by atoms with Gasteiger partial charge in [-0.1, -0.05) is 0 Å². The molecule has 0 aliphatic carbocycles. The van der Waals surface area contributed by atoms with Crippen molar-refractivity contribution in [1.82, 2.24) is 0 Å². The summed E-state index contributed by atoms with van der Waals surface area (Å²) in [6, 6.07) is 0. The minimum absolute atomic E-state index is 0.375. The summed E-state index contributed by atoms with van der Waals surface area (Å²) in [5, 5.41) is 9.48. The number of nitrogens with zero attached hydrogens (tertiary/aromatic N) is 1. The second-order valence-electron chi connectivity index (χ2n) is 3.15. The van der Waals surface area contributed by atoms with Gasteiger partial charge >= 0.3 is 0 Å². The van der Waals surface area contributed by atoms with E-state index >= 15 is 0 Å². The van der Waals surface area contributed by atoms with E-state index in [1.165, 1.54) is 6.20 Å². The van der Waals surface area contributed by atoms with Gasteiger partial charge in [0.25, 0.3) is 0 Å². The van der Waals surface area contributed by atoms with Gasteiger partial charge in [0.1, 0.15) is 0 Å². The van der Waals surface area contributed by atoms with Gasteiger partial charge in [0.15, 0.2) is 0 Å². The summed E-state index contributed by atoms with van der Waals surface area (Å²) in [4.78, 5) is 10.8. The van der Waals surface area contributed by atoms with E-state index in [0.717, 1.165) is 4.76 Å². The van der Waals surface area contributed by atoms with Crippen molar-refractivity contribution in [3.8, 4) is 0 Å². The molecule has 1 N–H and O–H groups in total. The Morgan fingerprint density at radius 2 is 2.27 bits per heavy atom. The number of aliphatic hydroxyl groups is 1. The second kappa shape index (κ2) is 2.58. The first-order valence-electron chi connectivity index (χ1n) is 3.55. The highest BCUT2D eigenvalue weighted by Crippen LogP contribution is 2.18. The van der Waals surface area contributed by atoms with Crippen molar-refractivity contribution in [3.05, 3.63) is 28.8 Å². The minimum Gasteiger partial charge on any atom is -0.386 e. The molecule has 0 saturated heterocycles. The van der Waals surface area contributed by atoms with E-state index in [2.05, 4.69) is 0 Å². The van der Waals surface area contributed by atoms with Gasteiger partial charge in [-0.15, -0.1) is 0 Å². The van der Waals surface area contributed by atoms with E-state index < -0.39 is 5.60 Å². The zero-order valence-corrected chi connectivity index (χ0v) is 6.74. The van der Waals surface area contributed by atoms with Crippen molar-refractivity contribution in [3.63, 3.8) is 0 Å². The zero-order chi connectivity index (χ0) is 8.48. The molecular formula is C8H12NO2+. The molecule has 0 aromatic carbocycles. The fourth-order valence-corrected chi connectivity index (χ4v) is 0.896. The molecule has 60 valence electrons. The van der Waals surface area contributed by atoms with Crippen LogP contribution in [0.25, 0.3) is 0 Å². The Kier molecular flexibility index (Phi) is 1.91. The Hall–Kier alpha value is -0.960. The van der Waals surface area contributed by atoms with Crippen molar-refractivity contribution < 1.29 is 9.87 Å². The Balaban J connectivity index is 2.88. The number of hydrogen-bond acceptors (Lipinski definition) is 2. The summed E-state index contributed by atoms with van der Waals surface area (Å²) in [6.07, 6.45) is 4.93. The summed E-state index contributed by atoms with van der Waals surface area (Å²) >= 11 is 0. The van der Waals surface area contributed by atoms with E-state index in [4.69, 9.17) is 0 Å². The predicted molar refractivity (Wildman–Crippen MR) is 42.0 cm³/mol. The van der Waals surface area contributed by atoms with Crippen LogP contribution in [0.5, 0.6) is 0 Å². The van der Waals surface area contributed by atoms with Gasteiger partial charge in [-0.3, -0.25) is 0 Å². The highest BCUT2D eigenvalue weighted by atomic mass is 16.3. The molecule has 0 bridgehead atoms. The molecule has 0 unspecified atom stereocenters. The Morgan fingerprint density at radius 1 is 1.64 bits per heavy atom. The van der Waals surface area contributed by atoms with Crippen molar-refractivity contribution in [1.29, 1.82) is 0 Å². The molecular weight excluding hydrogens is 142 g/mol. The van der Waals surface area contributed by atoms with Gasteiger partial charge in [0.05, 0.1) is 11.2 Å². The fraction of sp³-hybridized carbons (Fsp3) is 0.500. The van der Waals surface area contributed by atoms with E-state index in [1.807, 2.05) is 0 Å². The van der Waals surface area contributed by atoms with Crippen LogP contribution in [0.3, 0.4) is 0 Å². The molecule has 0 spiro atoms. The molecule has 0 aromatic heterocycles. The van der Waals surface area contributed by atoms with Crippen molar-refractivity contribution in [2.24, 2.45) is 0 Å². The lowest BCUT2D eigenvalue weighted by atomic mass is 9.98. The molecule has 11 heavy (non-hydrogen) atoms. The SMILES string of the molecule is CC(C)(O)C1=C[N+](=O)CC=C1. The Morgan fingerprint density at radius 3 is 2.64 bits per heavy atom. The van der Waals surface area contributed by atoms with Crippen LogP contribution in [0, 0.1) is 4.91 Å². The smallest absolute Gasteiger partial charge is 0.227 e. The van der Waals surface area contributed by atoms with Crippen LogP contribution in [-0.4, -0.2) is 22.0 Å². The fourth-order valence-electron chi connectivity index (χ4n) is 0.896. The highest BCUT2D eigenvalue weighted by molar-refractivity contribution is 5.26. The first-order chi connectivity index (χ1) is 5.00. The predicted octanol–water partition coefficient (Wildman–Crippen LogP) is 0.990. The molecule has 0 fully saturated rings. The van der Waals surface area contributed by atoms with Gasteiger partial charge in [0, 0.05) is 9.67 Å². The maximum atomic E-state index is 10.8. The van der Waals surface area contributed by atoms with Gasteiger partial charge < -0.3 is 5.11 Å². The molecule has 3 nitrogen and oxygen atoms in total. The molecule has 1 aliphatic heterocycles. The first-order valence-corrected chi connectivity index (χ1v) is 3.55. The third kappa shape index (κ3) is 1.98. The molecule has 1 rings (SSSR count). The lowest BCUT2D eigenvalue weighted by Crippen LogP contribution is -2.23. The van der Waals surface area contributed by atoms with E-state index in [1.54, 1.807) is 26.0 Å². The summed E-state index contributed by atoms with van der Waals surface area (Å²) < 4.78 is 0.799. The summed E-state index contributed by atoms with van der Waals surface area (Å²) in [5.41, 5.74) is -0.265. The van der Waals surface area contributed by atoms with Crippen LogP contribution in [-0.2, 0) is 0 Å². The van der Waals surface area contributed by atoms with Crippen LogP contribution < -0.4 is 0 Å². The van der Waals surface area contributed by atoms with E-state index in [9.17, 15) is 10.0 Å². The molecule has 0 radical (unpaired) electrons. The molecule has 1 aliphatic rings. The lowest BCUT2D eigenvalue weighted by Gasteiger charge is -2.17. The normalized spacial score (nSPS) is 18.5. The molecule has 0 atom stereocenters. The lowest BCUT2D eigenvalue weighted by molar-refractivity contribution is -0.470. The zero-order valence-electron chi connectivity index (χ0n) is 6.74. The molecule has 0 amide bonds. The number of rotatable bonds is 1. The highest BCUT2D eigenvalue weighted by Gasteiger charge is 2.23. The number of hydrogen-bond donors (Lipinski definition) is 1. The van der Waals surface area contributed by atoms with Crippen LogP contribution in [0.1, 0.15) is 13.8 Å². The van der Waals surface area contributed by atoms with Crippen LogP contribution >= 0.6 is 0 Å². The van der Waals surface area contributed by atoms with Crippen LogP contribution in [0.2, 0.25) is 0 Å². The maximum Gasteiger partial charge on any atom is 0.227 e. The van der Waals surface area contributed by atoms with Crippen molar-refractivity contribution in [2.75, 3.05) is 6.54 Å². The van der Waals surface area contributed by atoms with Crippen LogP contribution in [0.4, 0.5) is 0 Å². The third-order valence-corrected chi connectivity index (χ3v) is 1.57. The topological polar surface area (TPSA) is 40.3 Å². The Bertz CT molecular complexity index is 233. The maximum absolute atomic E-state index is 10.8. The Labute approximate surface area is 65.6 Å². The van der Waals surface area contributed by atoms with Gasteiger partial charge in [-0.2, -0.15) is 0 Å². The quantitative estimate of drug-likeness (QED) is 0.572. The molecule has 0 aromatic rings. The summed E-state index contributed by atoms with van der Waals surface area (Å²) in [7, 11) is 0. The van der Waals surface area contributed by atoms with Crippen molar-refractivity contribution >= 4 is 0 Å². The summed E-state index contributed by atoms with van der Waals surface area (Å²) in [6.45, 7) is 3.68. The second-order valence-corrected chi connectivity index (χ2v) is 3.15. The third-order valence-electron chi connectivity index (χ3n) is 1.57. The average molecular weight is 154 g/mol. The van der Waals surface area contributed by atoms with Gasteiger partial charge in [-0.05, 0) is 26.0 Å². The monoisotopic (exact) mass is 154 g/mol. The molecule has 1 heterocycles. The minimum atomic E-state index is -0.917. The molecule has 3 heteroatoms. The number of nitroso groups, excluding NO2 is 1. The van der Waals surface area contributed by atoms with Gasteiger partial charge in [0.2, 0.25) is 12.7 Å². The standard InChI is InChI=1S/C8H12NO2/c1-8(2,10)7-4-3-5-9(11)6-7/h3-4,6,10H,5H2,1-2H3/q+1. The van der Waals surface area contributed by atoms with Gasteiger partial charge in [-0.25, -0.2) is 0 Å². The molecule has 0 saturated carbocycles. The summed E-state index contributed by atoms with van der Waals surface area (Å²) in [5.74, 6) is 0. The largest absolute Gasteiger partial charge is 0.386 e. The van der Waals surface area contributed by atoms with E-state index in [-0.39, 0.29) is 0 Å². The van der Waals surface area contributed by atoms with Crippen molar-refractivity contribution in [2.45, 2.75) is 19.4 Å². The average Bonchev–Trinajstić information content (AvgIpc) is 1.86. The van der Waals surface area contributed by atoms with Crippen LogP contribution in [0.15, 0.2) is 23.9 Å². The first kappa shape index (κ1) is 8.14.